The van der Waals surface area contributed by atoms with Gasteiger partial charge in [-0.2, -0.15) is 0 Å². The highest BCUT2D eigenvalue weighted by molar-refractivity contribution is 7.96. The Labute approximate surface area is 150 Å². The molecule has 3 rings (SSSR count). The molecular weight excluding hydrogens is 362 g/mol. The number of hydrogen-bond acceptors (Lipinski definition) is 6. The van der Waals surface area contributed by atoms with Crippen LogP contribution in [0.25, 0.3) is 0 Å². The van der Waals surface area contributed by atoms with Gasteiger partial charge in [0, 0.05) is 30.2 Å². The largest absolute Gasteiger partial charge is 0.383 e. The summed E-state index contributed by atoms with van der Waals surface area (Å²) in [6.45, 7) is 2.32. The average molecular weight is 381 g/mol. The van der Waals surface area contributed by atoms with Crippen LogP contribution in [0, 0.1) is 0 Å². The lowest BCUT2D eigenvalue weighted by Crippen LogP contribution is -2.28. The molecule has 1 aromatic heterocycles. The molecule has 1 aliphatic carbocycles. The minimum Gasteiger partial charge on any atom is -0.383 e. The number of rotatable bonds is 5. The normalized spacial score (nSPS) is 21.5. The van der Waals surface area contributed by atoms with Gasteiger partial charge in [-0.1, -0.05) is 13.0 Å². The first-order chi connectivity index (χ1) is 11.9. The summed E-state index contributed by atoms with van der Waals surface area (Å²) in [7, 11) is -3.76. The number of hydrogen-bond donors (Lipinski definition) is 2. The van der Waals surface area contributed by atoms with Crippen LogP contribution >= 0.6 is 11.3 Å². The van der Waals surface area contributed by atoms with Crippen LogP contribution in [-0.4, -0.2) is 42.0 Å². The van der Waals surface area contributed by atoms with Crippen molar-refractivity contribution in [1.82, 2.24) is 9.88 Å². The molecule has 9 heteroatoms. The number of carbonyl (C=O) groups excluding carboxylic acids is 1. The molecule has 134 valence electrons. The highest BCUT2D eigenvalue weighted by atomic mass is 32.2. The smallest absolute Gasteiger partial charge is 0.263 e. The van der Waals surface area contributed by atoms with Crippen molar-refractivity contribution in [3.05, 3.63) is 46.0 Å². The van der Waals surface area contributed by atoms with Crippen molar-refractivity contribution in [1.29, 1.82) is 0 Å². The monoisotopic (exact) mass is 381 g/mol. The van der Waals surface area contributed by atoms with Crippen molar-refractivity contribution in [3.63, 3.8) is 0 Å². The van der Waals surface area contributed by atoms with Crippen LogP contribution < -0.4 is 4.72 Å². The van der Waals surface area contributed by atoms with Crippen molar-refractivity contribution >= 4 is 32.4 Å². The van der Waals surface area contributed by atoms with Gasteiger partial charge in [0.1, 0.15) is 6.10 Å². The van der Waals surface area contributed by atoms with Crippen LogP contribution in [0.3, 0.4) is 0 Å². The maximum atomic E-state index is 12.7. The number of allylic oxidation sites excluding steroid dienone is 4. The fraction of sp³-hybridized carbons (Fsp3) is 0.375. The highest BCUT2D eigenvalue weighted by Crippen LogP contribution is 2.29. The zero-order valence-electron chi connectivity index (χ0n) is 13.7. The van der Waals surface area contributed by atoms with E-state index in [9.17, 15) is 18.3 Å². The van der Waals surface area contributed by atoms with Crippen molar-refractivity contribution in [2.45, 2.75) is 32.3 Å². The number of thiazole rings is 1. The van der Waals surface area contributed by atoms with E-state index in [2.05, 4.69) is 9.71 Å². The van der Waals surface area contributed by atoms with Crippen molar-refractivity contribution in [3.8, 4) is 0 Å². The molecule has 1 unspecified atom stereocenters. The van der Waals surface area contributed by atoms with E-state index in [1.54, 1.807) is 11.5 Å². The molecule has 25 heavy (non-hydrogen) atoms. The molecule has 1 atom stereocenters. The van der Waals surface area contributed by atoms with E-state index in [1.165, 1.54) is 28.5 Å². The van der Waals surface area contributed by atoms with Gasteiger partial charge >= 0.3 is 0 Å². The summed E-state index contributed by atoms with van der Waals surface area (Å²) in [5, 5.41) is 11.6. The molecule has 2 aliphatic rings. The Kier molecular flexibility index (Phi) is 5.07. The zero-order valence-corrected chi connectivity index (χ0v) is 15.3. The van der Waals surface area contributed by atoms with Crippen LogP contribution in [-0.2, 0) is 14.8 Å². The summed E-state index contributed by atoms with van der Waals surface area (Å²) in [5.74, 6) is -0.346. The van der Waals surface area contributed by atoms with E-state index < -0.39 is 16.1 Å². The number of likely N-dealkylation sites (tertiary alicyclic amines) is 1. The molecule has 2 heterocycles. The Morgan fingerprint density at radius 3 is 2.84 bits per heavy atom. The summed E-state index contributed by atoms with van der Waals surface area (Å²) in [5.41, 5.74) is 1.37. The standard InChI is InChI=1S/C16H19N3O4S2/c1-2-11-3-4-12(19-9-7-13(20)15(19)21)5-6-14(11)25(22,23)18-16-17-8-10-24-16/h4-6,8,10,13,20H,2-3,7,9H2,1H3,(H,17,18). The highest BCUT2D eigenvalue weighted by Gasteiger charge is 2.32. The number of amides is 1. The first-order valence-electron chi connectivity index (χ1n) is 7.94. The zero-order chi connectivity index (χ0) is 18.0. The molecule has 2 N–H and O–H groups in total. The average Bonchev–Trinajstić information content (AvgIpc) is 3.12. The van der Waals surface area contributed by atoms with Crippen LogP contribution in [0.1, 0.15) is 26.2 Å². The van der Waals surface area contributed by atoms with E-state index in [0.29, 0.717) is 36.6 Å². The molecule has 0 bridgehead atoms. The Hall–Kier alpha value is -1.97. The lowest BCUT2D eigenvalue weighted by molar-refractivity contribution is -0.132. The molecule has 0 spiro atoms. The molecule has 1 aliphatic heterocycles. The van der Waals surface area contributed by atoms with Gasteiger partial charge in [-0.25, -0.2) is 13.4 Å². The predicted octanol–water partition coefficient (Wildman–Crippen LogP) is 1.99. The van der Waals surface area contributed by atoms with Gasteiger partial charge in [0.05, 0.1) is 4.91 Å². The Morgan fingerprint density at radius 2 is 2.24 bits per heavy atom. The predicted molar refractivity (Wildman–Crippen MR) is 96.2 cm³/mol. The summed E-state index contributed by atoms with van der Waals surface area (Å²) in [4.78, 5) is 17.7. The molecule has 1 fully saturated rings. The van der Waals surface area contributed by atoms with E-state index in [4.69, 9.17) is 0 Å². The van der Waals surface area contributed by atoms with Crippen molar-refractivity contribution in [2.24, 2.45) is 0 Å². The van der Waals surface area contributed by atoms with Gasteiger partial charge in [0.25, 0.3) is 15.9 Å². The van der Waals surface area contributed by atoms with Crippen molar-refractivity contribution < 1.29 is 18.3 Å². The molecular formula is C16H19N3O4S2. The SMILES string of the molecule is CCC1=C(S(=O)(=O)Nc2nccs2)C=CC(N2CCC(O)C2=O)=CC1. The number of aliphatic hydroxyl groups excluding tert-OH is 1. The van der Waals surface area contributed by atoms with Crippen LogP contribution in [0.15, 0.2) is 46.0 Å². The van der Waals surface area contributed by atoms with E-state index in [-0.39, 0.29) is 10.8 Å². The lowest BCUT2D eigenvalue weighted by atomic mass is 10.1. The quantitative estimate of drug-likeness (QED) is 0.812. The summed E-state index contributed by atoms with van der Waals surface area (Å²) >= 11 is 1.21. The second kappa shape index (κ2) is 7.11. The van der Waals surface area contributed by atoms with Crippen LogP contribution in [0.4, 0.5) is 5.13 Å². The van der Waals surface area contributed by atoms with Gasteiger partial charge in [-0.05, 0) is 30.6 Å². The maximum absolute atomic E-state index is 12.7. The lowest BCUT2D eigenvalue weighted by Gasteiger charge is -2.16. The Bertz CT molecular complexity index is 854. The molecule has 1 saturated heterocycles. The third kappa shape index (κ3) is 3.68. The number of aliphatic hydroxyl groups is 1. The van der Waals surface area contributed by atoms with Gasteiger partial charge in [-0.15, -0.1) is 11.3 Å². The minimum absolute atomic E-state index is 0.198. The summed E-state index contributed by atoms with van der Waals surface area (Å²) < 4.78 is 27.9. The second-order valence-electron chi connectivity index (χ2n) is 5.72. The fourth-order valence-electron chi connectivity index (χ4n) is 2.84. The van der Waals surface area contributed by atoms with E-state index in [1.807, 2.05) is 13.0 Å². The number of sulfonamides is 1. The maximum Gasteiger partial charge on any atom is 0.263 e. The molecule has 0 radical (unpaired) electrons. The van der Waals surface area contributed by atoms with E-state index >= 15 is 0 Å². The number of anilines is 1. The Morgan fingerprint density at radius 1 is 1.44 bits per heavy atom. The summed E-state index contributed by atoms with van der Waals surface area (Å²) in [6, 6.07) is 0. The number of aromatic nitrogens is 1. The van der Waals surface area contributed by atoms with E-state index in [0.717, 1.165) is 5.57 Å². The fourth-order valence-corrected chi connectivity index (χ4v) is 4.98. The molecule has 0 aromatic carbocycles. The van der Waals surface area contributed by atoms with Gasteiger partial charge < -0.3 is 10.0 Å². The minimum atomic E-state index is -3.76. The topological polar surface area (TPSA) is 99.6 Å². The third-order valence-corrected chi connectivity index (χ3v) is 6.45. The number of nitrogens with one attached hydrogen (secondary N) is 1. The Balaban J connectivity index is 1.88. The molecule has 1 aromatic rings. The molecule has 1 amide bonds. The number of carbonyl (C=O) groups is 1. The van der Waals surface area contributed by atoms with Gasteiger partial charge in [-0.3, -0.25) is 9.52 Å². The van der Waals surface area contributed by atoms with Crippen molar-refractivity contribution in [2.75, 3.05) is 11.3 Å². The van der Waals surface area contributed by atoms with Gasteiger partial charge in [0.15, 0.2) is 5.13 Å². The third-order valence-electron chi connectivity index (χ3n) is 4.17. The number of nitrogens with zero attached hydrogens (tertiary/aromatic N) is 2. The van der Waals surface area contributed by atoms with Crippen LogP contribution in [0.2, 0.25) is 0 Å². The first-order valence-corrected chi connectivity index (χ1v) is 10.3. The second-order valence-corrected chi connectivity index (χ2v) is 8.27. The summed E-state index contributed by atoms with van der Waals surface area (Å²) in [6.07, 6.45) is 6.90. The molecule has 7 nitrogen and oxygen atoms in total. The molecule has 0 saturated carbocycles. The van der Waals surface area contributed by atoms with Gasteiger partial charge in [0.2, 0.25) is 0 Å². The van der Waals surface area contributed by atoms with Crippen LogP contribution in [0.5, 0.6) is 0 Å². The first kappa shape index (κ1) is 17.8.